The summed E-state index contributed by atoms with van der Waals surface area (Å²) in [7, 11) is 0. The molecule has 0 aliphatic heterocycles. The van der Waals surface area contributed by atoms with Gasteiger partial charge in [0.05, 0.1) is 12.7 Å². The molecule has 0 spiro atoms. The minimum absolute atomic E-state index is 0.00736. The Kier molecular flexibility index (Phi) is 6.42. The van der Waals surface area contributed by atoms with Crippen LogP contribution in [0, 0.1) is 0 Å². The van der Waals surface area contributed by atoms with Crippen LogP contribution < -0.4 is 4.74 Å². The van der Waals surface area contributed by atoms with Gasteiger partial charge < -0.3 is 9.47 Å². The quantitative estimate of drug-likeness (QED) is 0.538. The van der Waals surface area contributed by atoms with E-state index in [0.29, 0.717) is 11.3 Å². The summed E-state index contributed by atoms with van der Waals surface area (Å²) in [5.74, 6) is 0.561. The molecule has 0 aromatic heterocycles. The van der Waals surface area contributed by atoms with Crippen LogP contribution in [-0.4, -0.2) is 31.5 Å². The van der Waals surface area contributed by atoms with Crippen LogP contribution in [0.4, 0.5) is 8.78 Å². The maximum absolute atomic E-state index is 11.8. The number of Topliss-reactive ketones (excluding diaryl/α,β-unsaturated/α-hetero) is 1. The second-order valence-electron chi connectivity index (χ2n) is 4.33. The van der Waals surface area contributed by atoms with Gasteiger partial charge in [0.25, 0.3) is 6.43 Å². The smallest absolute Gasteiger partial charge is 0.261 e. The molecule has 0 saturated carbocycles. The van der Waals surface area contributed by atoms with Crippen LogP contribution in [0.1, 0.15) is 30.6 Å². The first-order valence-corrected chi connectivity index (χ1v) is 6.15. The first kappa shape index (κ1) is 15.6. The van der Waals surface area contributed by atoms with Crippen molar-refractivity contribution < 1.29 is 23.0 Å². The van der Waals surface area contributed by atoms with Gasteiger partial charge in [-0.15, -0.1) is 0 Å². The van der Waals surface area contributed by atoms with Gasteiger partial charge in [-0.2, -0.15) is 0 Å². The van der Waals surface area contributed by atoms with Crippen LogP contribution in [0.5, 0.6) is 5.75 Å². The van der Waals surface area contributed by atoms with Crippen molar-refractivity contribution in [3.05, 3.63) is 29.8 Å². The fourth-order valence-electron chi connectivity index (χ4n) is 1.47. The predicted molar refractivity (Wildman–Crippen MR) is 68.0 cm³/mol. The van der Waals surface area contributed by atoms with Crippen molar-refractivity contribution in [1.29, 1.82) is 0 Å². The van der Waals surface area contributed by atoms with Crippen LogP contribution in [-0.2, 0) is 4.74 Å². The van der Waals surface area contributed by atoms with E-state index >= 15 is 0 Å². The molecule has 0 aliphatic carbocycles. The molecule has 0 atom stereocenters. The standard InChI is InChI=1S/C14H18F2O3/c1-10(2)19-12-5-3-11(4-6-12)13(17)7-8-18-9-14(15)16/h3-6,10,14H,7-9H2,1-2H3. The number of ether oxygens (including phenoxy) is 2. The topological polar surface area (TPSA) is 35.5 Å². The van der Waals surface area contributed by atoms with E-state index < -0.39 is 13.0 Å². The Bertz CT molecular complexity index is 388. The van der Waals surface area contributed by atoms with Gasteiger partial charge in [-0.05, 0) is 38.1 Å². The number of carbonyl (C=O) groups is 1. The maximum atomic E-state index is 11.8. The average Bonchev–Trinajstić information content (AvgIpc) is 2.34. The summed E-state index contributed by atoms with van der Waals surface area (Å²) in [5.41, 5.74) is 0.525. The predicted octanol–water partition coefficient (Wildman–Crippen LogP) is 3.33. The Morgan fingerprint density at radius 1 is 1.21 bits per heavy atom. The molecule has 1 aromatic rings. The van der Waals surface area contributed by atoms with Gasteiger partial charge in [-0.1, -0.05) is 0 Å². The van der Waals surface area contributed by atoms with Gasteiger partial charge in [-0.25, -0.2) is 8.78 Å². The SMILES string of the molecule is CC(C)Oc1ccc(C(=O)CCOCC(F)F)cc1. The molecule has 3 nitrogen and oxygen atoms in total. The summed E-state index contributed by atoms with van der Waals surface area (Å²) in [4.78, 5) is 11.7. The van der Waals surface area contributed by atoms with Crippen molar-refractivity contribution in [3.8, 4) is 5.75 Å². The highest BCUT2D eigenvalue weighted by Gasteiger charge is 2.08. The van der Waals surface area contributed by atoms with E-state index in [1.165, 1.54) is 0 Å². The lowest BCUT2D eigenvalue weighted by atomic mass is 10.1. The number of alkyl halides is 2. The molecule has 0 fully saturated rings. The number of ketones is 1. The molecule has 0 N–H and O–H groups in total. The Balaban J connectivity index is 2.40. The zero-order chi connectivity index (χ0) is 14.3. The zero-order valence-corrected chi connectivity index (χ0v) is 11.1. The Hall–Kier alpha value is -1.49. The molecular formula is C14H18F2O3. The summed E-state index contributed by atoms with van der Waals surface area (Å²) < 4.78 is 33.7. The summed E-state index contributed by atoms with van der Waals surface area (Å²) in [5, 5.41) is 0. The fourth-order valence-corrected chi connectivity index (χ4v) is 1.47. The number of rotatable bonds is 8. The van der Waals surface area contributed by atoms with Crippen LogP contribution >= 0.6 is 0 Å². The van der Waals surface area contributed by atoms with Gasteiger partial charge in [0.15, 0.2) is 5.78 Å². The molecule has 1 aromatic carbocycles. The Morgan fingerprint density at radius 2 is 1.84 bits per heavy atom. The van der Waals surface area contributed by atoms with Crippen molar-refractivity contribution in [2.45, 2.75) is 32.8 Å². The molecule has 106 valence electrons. The normalized spacial score (nSPS) is 11.1. The molecule has 5 heteroatoms. The van der Waals surface area contributed by atoms with Crippen molar-refractivity contribution in [2.75, 3.05) is 13.2 Å². The second kappa shape index (κ2) is 7.84. The molecule has 1 rings (SSSR count). The van der Waals surface area contributed by atoms with Gasteiger partial charge in [0.2, 0.25) is 0 Å². The third-order valence-electron chi connectivity index (χ3n) is 2.27. The van der Waals surface area contributed by atoms with E-state index in [4.69, 9.17) is 4.74 Å². The lowest BCUT2D eigenvalue weighted by Gasteiger charge is -2.09. The summed E-state index contributed by atoms with van der Waals surface area (Å²) in [6.07, 6.45) is -2.33. The highest BCUT2D eigenvalue weighted by atomic mass is 19.3. The second-order valence-corrected chi connectivity index (χ2v) is 4.33. The van der Waals surface area contributed by atoms with Crippen LogP contribution in [0.15, 0.2) is 24.3 Å². The summed E-state index contributed by atoms with van der Waals surface area (Å²) >= 11 is 0. The van der Waals surface area contributed by atoms with Crippen LogP contribution in [0.25, 0.3) is 0 Å². The first-order chi connectivity index (χ1) is 8.99. The molecule has 0 radical (unpaired) electrons. The molecule has 0 saturated heterocycles. The minimum atomic E-state index is -2.50. The van der Waals surface area contributed by atoms with Crippen LogP contribution in [0.3, 0.4) is 0 Å². The van der Waals surface area contributed by atoms with E-state index in [9.17, 15) is 13.6 Å². The number of carbonyl (C=O) groups excluding carboxylic acids is 1. The van der Waals surface area contributed by atoms with E-state index in [1.807, 2.05) is 13.8 Å². The molecule has 0 aliphatic rings. The van der Waals surface area contributed by atoms with Gasteiger partial charge in [-0.3, -0.25) is 4.79 Å². The summed E-state index contributed by atoms with van der Waals surface area (Å²) in [6.45, 7) is 3.21. The largest absolute Gasteiger partial charge is 0.491 e. The van der Waals surface area contributed by atoms with Crippen molar-refractivity contribution in [2.24, 2.45) is 0 Å². The highest BCUT2D eigenvalue weighted by Crippen LogP contribution is 2.15. The Labute approximate surface area is 111 Å². The number of benzene rings is 1. The third-order valence-corrected chi connectivity index (χ3v) is 2.27. The van der Waals surface area contributed by atoms with Crippen molar-refractivity contribution in [3.63, 3.8) is 0 Å². The first-order valence-electron chi connectivity index (χ1n) is 6.15. The molecule has 0 unspecified atom stereocenters. The minimum Gasteiger partial charge on any atom is -0.491 e. The van der Waals surface area contributed by atoms with E-state index in [2.05, 4.69) is 4.74 Å². The molecular weight excluding hydrogens is 254 g/mol. The van der Waals surface area contributed by atoms with E-state index in [0.717, 1.165) is 0 Å². The van der Waals surface area contributed by atoms with Gasteiger partial charge in [0, 0.05) is 12.0 Å². The maximum Gasteiger partial charge on any atom is 0.261 e. The number of hydrogen-bond acceptors (Lipinski definition) is 3. The van der Waals surface area contributed by atoms with Gasteiger partial charge in [0.1, 0.15) is 12.4 Å². The summed E-state index contributed by atoms with van der Waals surface area (Å²) in [6, 6.07) is 6.75. The van der Waals surface area contributed by atoms with Crippen molar-refractivity contribution >= 4 is 5.78 Å². The molecule has 0 heterocycles. The highest BCUT2D eigenvalue weighted by molar-refractivity contribution is 5.96. The molecule has 0 bridgehead atoms. The lowest BCUT2D eigenvalue weighted by Crippen LogP contribution is -2.09. The molecule has 0 amide bonds. The number of hydrogen-bond donors (Lipinski definition) is 0. The Morgan fingerprint density at radius 3 is 2.37 bits per heavy atom. The zero-order valence-electron chi connectivity index (χ0n) is 11.1. The fraction of sp³-hybridized carbons (Fsp3) is 0.500. The third kappa shape index (κ3) is 6.29. The van der Waals surface area contributed by atoms with E-state index in [-0.39, 0.29) is 24.9 Å². The van der Waals surface area contributed by atoms with Crippen LogP contribution in [0.2, 0.25) is 0 Å². The van der Waals surface area contributed by atoms with E-state index in [1.54, 1.807) is 24.3 Å². The average molecular weight is 272 g/mol. The van der Waals surface area contributed by atoms with Gasteiger partial charge >= 0.3 is 0 Å². The molecule has 19 heavy (non-hydrogen) atoms. The monoisotopic (exact) mass is 272 g/mol. The number of halogens is 2. The van der Waals surface area contributed by atoms with Crippen molar-refractivity contribution in [1.82, 2.24) is 0 Å². The lowest BCUT2D eigenvalue weighted by molar-refractivity contribution is 0.0170.